The second kappa shape index (κ2) is 10.5. The van der Waals surface area contributed by atoms with Gasteiger partial charge in [0.05, 0.1) is 5.92 Å². The van der Waals surface area contributed by atoms with Crippen LogP contribution in [0.25, 0.3) is 0 Å². The van der Waals surface area contributed by atoms with Crippen LogP contribution in [0.2, 0.25) is 0 Å². The van der Waals surface area contributed by atoms with E-state index >= 15 is 0 Å². The van der Waals surface area contributed by atoms with Gasteiger partial charge in [0.2, 0.25) is 5.91 Å². The molecule has 0 spiro atoms. The Kier molecular flexibility index (Phi) is 8.07. The summed E-state index contributed by atoms with van der Waals surface area (Å²) in [5, 5.41) is 0. The Hall–Kier alpha value is -1.46. The first kappa shape index (κ1) is 22.2. The van der Waals surface area contributed by atoms with Gasteiger partial charge in [-0.3, -0.25) is 4.79 Å². The summed E-state index contributed by atoms with van der Waals surface area (Å²) < 4.78 is 13.8. The minimum atomic E-state index is -0.0960. The van der Waals surface area contributed by atoms with E-state index in [0.717, 1.165) is 76.9 Å². The van der Waals surface area contributed by atoms with E-state index in [1.165, 1.54) is 0 Å². The minimum absolute atomic E-state index is 0.0960. The van der Waals surface area contributed by atoms with Crippen molar-refractivity contribution in [2.75, 3.05) is 46.3 Å². The van der Waals surface area contributed by atoms with Gasteiger partial charge in [0.1, 0.15) is 5.82 Å². The Labute approximate surface area is 176 Å². The summed E-state index contributed by atoms with van der Waals surface area (Å²) in [7, 11) is 1.99. The van der Waals surface area contributed by atoms with E-state index in [4.69, 9.17) is 0 Å². The number of piperidine rings is 2. The van der Waals surface area contributed by atoms with Crippen molar-refractivity contribution in [3.05, 3.63) is 35.6 Å². The molecule has 0 bridgehead atoms. The van der Waals surface area contributed by atoms with Gasteiger partial charge in [0.25, 0.3) is 0 Å². The van der Waals surface area contributed by atoms with Gasteiger partial charge in [-0.25, -0.2) is 4.39 Å². The van der Waals surface area contributed by atoms with Gasteiger partial charge in [-0.05, 0) is 83.1 Å². The number of hydrogen-bond donors (Lipinski definition) is 0. The molecule has 29 heavy (non-hydrogen) atoms. The number of rotatable bonds is 7. The van der Waals surface area contributed by atoms with Crippen molar-refractivity contribution in [2.24, 2.45) is 11.8 Å². The van der Waals surface area contributed by atoms with Crippen LogP contribution in [0, 0.1) is 17.7 Å². The molecule has 1 unspecified atom stereocenters. The first-order valence-electron chi connectivity index (χ1n) is 11.4. The standard InChI is InChI=1S/C24H38FN3O/c1-19(2)28-13-6-8-22(18-28)24(29)26(3)17-20-10-14-27(15-11-20)16-12-21-7-4-5-9-23(21)25/h4-5,7,9,19-20,22H,6,8,10-18H2,1-3H3. The third kappa shape index (κ3) is 6.26. The fraction of sp³-hybridized carbons (Fsp3) is 0.708. The van der Waals surface area contributed by atoms with E-state index in [1.54, 1.807) is 12.1 Å². The maximum absolute atomic E-state index is 13.8. The molecule has 1 aromatic rings. The lowest BCUT2D eigenvalue weighted by molar-refractivity contribution is -0.137. The zero-order valence-electron chi connectivity index (χ0n) is 18.4. The Morgan fingerprint density at radius 2 is 1.90 bits per heavy atom. The molecule has 3 rings (SSSR count). The zero-order chi connectivity index (χ0) is 20.8. The van der Waals surface area contributed by atoms with Crippen molar-refractivity contribution < 1.29 is 9.18 Å². The van der Waals surface area contributed by atoms with Gasteiger partial charge in [0.15, 0.2) is 0 Å². The molecule has 1 atom stereocenters. The highest BCUT2D eigenvalue weighted by molar-refractivity contribution is 5.79. The van der Waals surface area contributed by atoms with Crippen LogP contribution in [0.1, 0.15) is 45.1 Å². The topological polar surface area (TPSA) is 26.8 Å². The number of nitrogens with zero attached hydrogens (tertiary/aromatic N) is 3. The highest BCUT2D eigenvalue weighted by atomic mass is 19.1. The summed E-state index contributed by atoms with van der Waals surface area (Å²) in [5.41, 5.74) is 0.808. The average Bonchev–Trinajstić information content (AvgIpc) is 2.73. The second-order valence-electron chi connectivity index (χ2n) is 9.27. The fourth-order valence-corrected chi connectivity index (χ4v) is 4.84. The summed E-state index contributed by atoms with van der Waals surface area (Å²) in [6.45, 7) is 10.4. The lowest BCUT2D eigenvalue weighted by Crippen LogP contribution is -2.47. The molecular weight excluding hydrogens is 365 g/mol. The van der Waals surface area contributed by atoms with Crippen LogP contribution in [0.5, 0.6) is 0 Å². The Bertz CT molecular complexity index is 657. The van der Waals surface area contributed by atoms with Gasteiger partial charge in [-0.1, -0.05) is 18.2 Å². The molecule has 2 aliphatic heterocycles. The fourth-order valence-electron chi connectivity index (χ4n) is 4.84. The van der Waals surface area contributed by atoms with Crippen LogP contribution in [0.15, 0.2) is 24.3 Å². The maximum atomic E-state index is 13.8. The number of halogens is 1. The Morgan fingerprint density at radius 1 is 1.17 bits per heavy atom. The molecular formula is C24H38FN3O. The van der Waals surface area contributed by atoms with E-state index in [2.05, 4.69) is 23.6 Å². The zero-order valence-corrected chi connectivity index (χ0v) is 18.4. The first-order valence-corrected chi connectivity index (χ1v) is 11.4. The Balaban J connectivity index is 1.39. The van der Waals surface area contributed by atoms with Gasteiger partial charge in [-0.2, -0.15) is 0 Å². The quantitative estimate of drug-likeness (QED) is 0.695. The van der Waals surface area contributed by atoms with Crippen molar-refractivity contribution in [1.82, 2.24) is 14.7 Å². The molecule has 5 heteroatoms. The van der Waals surface area contributed by atoms with Crippen molar-refractivity contribution in [3.63, 3.8) is 0 Å². The summed E-state index contributed by atoms with van der Waals surface area (Å²) in [4.78, 5) is 19.8. The summed E-state index contributed by atoms with van der Waals surface area (Å²) in [6, 6.07) is 7.60. The van der Waals surface area contributed by atoms with Crippen LogP contribution in [-0.2, 0) is 11.2 Å². The van der Waals surface area contributed by atoms with Crippen LogP contribution in [0.3, 0.4) is 0 Å². The number of carbonyl (C=O) groups is 1. The SMILES string of the molecule is CC(C)N1CCCC(C(=O)N(C)CC2CCN(CCc3ccccc3F)CC2)C1. The minimum Gasteiger partial charge on any atom is -0.345 e. The summed E-state index contributed by atoms with van der Waals surface area (Å²) in [5.74, 6) is 0.981. The normalized spacial score (nSPS) is 22.2. The highest BCUT2D eigenvalue weighted by Crippen LogP contribution is 2.23. The predicted molar refractivity (Wildman–Crippen MR) is 116 cm³/mol. The molecule has 0 radical (unpaired) electrons. The molecule has 2 aliphatic rings. The van der Waals surface area contributed by atoms with E-state index in [9.17, 15) is 9.18 Å². The van der Waals surface area contributed by atoms with Crippen molar-refractivity contribution in [2.45, 2.75) is 52.0 Å². The highest BCUT2D eigenvalue weighted by Gasteiger charge is 2.30. The van der Waals surface area contributed by atoms with Crippen molar-refractivity contribution in [1.29, 1.82) is 0 Å². The maximum Gasteiger partial charge on any atom is 0.226 e. The monoisotopic (exact) mass is 403 g/mol. The van der Waals surface area contributed by atoms with E-state index in [-0.39, 0.29) is 11.7 Å². The van der Waals surface area contributed by atoms with Crippen molar-refractivity contribution in [3.8, 4) is 0 Å². The molecule has 0 saturated carbocycles. The second-order valence-corrected chi connectivity index (χ2v) is 9.27. The third-order valence-corrected chi connectivity index (χ3v) is 6.80. The predicted octanol–water partition coefficient (Wildman–Crippen LogP) is 3.66. The molecule has 0 N–H and O–H groups in total. The van der Waals surface area contributed by atoms with Crippen LogP contribution >= 0.6 is 0 Å². The number of likely N-dealkylation sites (tertiary alicyclic amines) is 2. The van der Waals surface area contributed by atoms with Crippen molar-refractivity contribution >= 4 is 5.91 Å². The van der Waals surface area contributed by atoms with Gasteiger partial charge >= 0.3 is 0 Å². The van der Waals surface area contributed by atoms with Crippen LogP contribution in [0.4, 0.5) is 4.39 Å². The molecule has 2 saturated heterocycles. The third-order valence-electron chi connectivity index (χ3n) is 6.80. The van der Waals surface area contributed by atoms with Gasteiger partial charge in [0, 0.05) is 32.7 Å². The molecule has 1 aromatic carbocycles. The van der Waals surface area contributed by atoms with E-state index < -0.39 is 0 Å². The lowest BCUT2D eigenvalue weighted by Gasteiger charge is -2.38. The number of hydrogen-bond acceptors (Lipinski definition) is 3. The largest absolute Gasteiger partial charge is 0.345 e. The smallest absolute Gasteiger partial charge is 0.226 e. The number of carbonyl (C=O) groups excluding carboxylic acids is 1. The molecule has 2 fully saturated rings. The molecule has 162 valence electrons. The van der Waals surface area contributed by atoms with Crippen LogP contribution < -0.4 is 0 Å². The molecule has 2 heterocycles. The molecule has 1 amide bonds. The lowest BCUT2D eigenvalue weighted by atomic mass is 9.93. The van der Waals surface area contributed by atoms with Crippen LogP contribution in [-0.4, -0.2) is 73.0 Å². The number of amides is 1. The summed E-state index contributed by atoms with van der Waals surface area (Å²) in [6.07, 6.45) is 5.17. The molecule has 0 aliphatic carbocycles. The first-order chi connectivity index (χ1) is 13.9. The van der Waals surface area contributed by atoms with Gasteiger partial charge < -0.3 is 14.7 Å². The summed E-state index contributed by atoms with van der Waals surface area (Å²) >= 11 is 0. The average molecular weight is 404 g/mol. The molecule has 4 nitrogen and oxygen atoms in total. The molecule has 0 aromatic heterocycles. The Morgan fingerprint density at radius 3 is 2.59 bits per heavy atom. The number of benzene rings is 1. The van der Waals surface area contributed by atoms with E-state index in [1.807, 2.05) is 24.1 Å². The van der Waals surface area contributed by atoms with Gasteiger partial charge in [-0.15, -0.1) is 0 Å². The van der Waals surface area contributed by atoms with E-state index in [0.29, 0.717) is 17.9 Å².